The molecule has 21 heavy (non-hydrogen) atoms. The molecular weight excluding hydrogens is 259 g/mol. The molecule has 0 saturated carbocycles. The van der Waals surface area contributed by atoms with E-state index in [0.29, 0.717) is 11.1 Å². The predicted octanol–water partition coefficient (Wildman–Crippen LogP) is 5.94. The van der Waals surface area contributed by atoms with Crippen molar-refractivity contribution < 1.29 is 4.39 Å². The number of hydrogen-bond acceptors (Lipinski definition) is 0. The summed E-state index contributed by atoms with van der Waals surface area (Å²) in [6, 6.07) is 9.61. The van der Waals surface area contributed by atoms with Gasteiger partial charge in [-0.1, -0.05) is 79.9 Å². The Morgan fingerprint density at radius 3 is 2.43 bits per heavy atom. The highest BCUT2D eigenvalue weighted by Gasteiger charge is 2.15. The highest BCUT2D eigenvalue weighted by atomic mass is 19.1. The molecule has 0 aromatic heterocycles. The maximum atomic E-state index is 15.0. The van der Waals surface area contributed by atoms with Crippen LogP contribution in [0.3, 0.4) is 0 Å². The van der Waals surface area contributed by atoms with Gasteiger partial charge in [0.25, 0.3) is 0 Å². The summed E-state index contributed by atoms with van der Waals surface area (Å²) in [5.74, 6) is -0.270. The zero-order valence-corrected chi connectivity index (χ0v) is 12.1. The van der Waals surface area contributed by atoms with Gasteiger partial charge in [0, 0.05) is 11.1 Å². The summed E-state index contributed by atoms with van der Waals surface area (Å²) in [6.07, 6.45) is 12.8. The fourth-order valence-electron chi connectivity index (χ4n) is 2.33. The number of allylic oxidation sites excluding steroid dienone is 10. The Hall–Kier alpha value is -2.41. The van der Waals surface area contributed by atoms with Crippen molar-refractivity contribution in [1.29, 1.82) is 0 Å². The van der Waals surface area contributed by atoms with Crippen molar-refractivity contribution in [3.8, 4) is 0 Å². The largest absolute Gasteiger partial charge is 0.206 e. The van der Waals surface area contributed by atoms with E-state index in [1.165, 1.54) is 6.08 Å². The lowest BCUT2D eigenvalue weighted by molar-refractivity contribution is 0.660. The first-order chi connectivity index (χ1) is 10.3. The van der Waals surface area contributed by atoms with Crippen LogP contribution in [0.4, 0.5) is 4.39 Å². The molecule has 0 fully saturated rings. The van der Waals surface area contributed by atoms with Gasteiger partial charge in [0.15, 0.2) is 0 Å². The van der Waals surface area contributed by atoms with E-state index in [1.807, 2.05) is 36.4 Å². The van der Waals surface area contributed by atoms with Gasteiger partial charge in [0.2, 0.25) is 0 Å². The molecule has 0 N–H and O–H groups in total. The Kier molecular flexibility index (Phi) is 5.28. The fraction of sp³-hybridized carbons (Fsp3) is 0.100. The van der Waals surface area contributed by atoms with Crippen molar-refractivity contribution in [2.24, 2.45) is 0 Å². The highest BCUT2D eigenvalue weighted by Crippen LogP contribution is 2.34. The molecule has 0 saturated heterocycles. The monoisotopic (exact) mass is 278 g/mol. The molecule has 0 spiro atoms. The first kappa shape index (κ1) is 15.0. The first-order valence-corrected chi connectivity index (χ1v) is 7.05. The van der Waals surface area contributed by atoms with Gasteiger partial charge < -0.3 is 0 Å². The molecule has 1 aliphatic carbocycles. The van der Waals surface area contributed by atoms with Crippen LogP contribution in [0, 0.1) is 0 Å². The maximum absolute atomic E-state index is 15.0. The summed E-state index contributed by atoms with van der Waals surface area (Å²) >= 11 is 0. The van der Waals surface area contributed by atoms with Crippen molar-refractivity contribution in [1.82, 2.24) is 0 Å². The van der Waals surface area contributed by atoms with Gasteiger partial charge in [0.05, 0.1) is 0 Å². The van der Waals surface area contributed by atoms with E-state index >= 15 is 4.39 Å². The Balaban J connectivity index is 2.63. The zero-order chi connectivity index (χ0) is 15.1. The van der Waals surface area contributed by atoms with Gasteiger partial charge in [0.1, 0.15) is 5.83 Å². The molecule has 0 unspecified atom stereocenters. The van der Waals surface area contributed by atoms with Gasteiger partial charge in [-0.3, -0.25) is 0 Å². The van der Waals surface area contributed by atoms with Gasteiger partial charge in [-0.2, -0.15) is 0 Å². The predicted molar refractivity (Wildman–Crippen MR) is 89.4 cm³/mol. The molecule has 0 aliphatic heterocycles. The second-order valence-corrected chi connectivity index (χ2v) is 4.76. The van der Waals surface area contributed by atoms with Crippen molar-refractivity contribution in [2.75, 3.05) is 0 Å². The van der Waals surface area contributed by atoms with Crippen LogP contribution < -0.4 is 0 Å². The van der Waals surface area contributed by atoms with Crippen molar-refractivity contribution in [3.63, 3.8) is 0 Å². The molecule has 1 aromatic carbocycles. The molecule has 0 bridgehead atoms. The fourth-order valence-corrected chi connectivity index (χ4v) is 2.33. The van der Waals surface area contributed by atoms with E-state index in [2.05, 4.69) is 25.3 Å². The summed E-state index contributed by atoms with van der Waals surface area (Å²) in [5, 5.41) is 0. The number of hydrogen-bond donors (Lipinski definition) is 0. The number of halogens is 1. The summed E-state index contributed by atoms with van der Waals surface area (Å²) in [4.78, 5) is 0. The van der Waals surface area contributed by atoms with Gasteiger partial charge in [-0.25, -0.2) is 4.39 Å². The van der Waals surface area contributed by atoms with Crippen molar-refractivity contribution >= 4 is 5.57 Å². The molecule has 0 amide bonds. The van der Waals surface area contributed by atoms with Crippen molar-refractivity contribution in [2.45, 2.75) is 12.8 Å². The minimum absolute atomic E-state index is 0.270. The molecule has 0 heterocycles. The zero-order valence-electron chi connectivity index (χ0n) is 12.1. The lowest BCUT2D eigenvalue weighted by Gasteiger charge is -2.14. The Morgan fingerprint density at radius 2 is 1.86 bits per heavy atom. The number of rotatable bonds is 5. The Bertz CT molecular complexity index is 640. The van der Waals surface area contributed by atoms with E-state index in [1.54, 1.807) is 12.2 Å². The average Bonchev–Trinajstić information content (AvgIpc) is 2.55. The molecule has 1 heteroatoms. The van der Waals surface area contributed by atoms with E-state index in [9.17, 15) is 0 Å². The Morgan fingerprint density at radius 1 is 1.10 bits per heavy atom. The molecule has 1 aliphatic rings. The van der Waals surface area contributed by atoms with Crippen LogP contribution in [0.5, 0.6) is 0 Å². The smallest absolute Gasteiger partial charge is 0.138 e. The lowest BCUT2D eigenvalue weighted by atomic mass is 9.91. The second kappa shape index (κ2) is 7.39. The lowest BCUT2D eigenvalue weighted by Crippen LogP contribution is -1.96. The first-order valence-electron chi connectivity index (χ1n) is 7.05. The quantitative estimate of drug-likeness (QED) is 0.584. The van der Waals surface area contributed by atoms with E-state index in [-0.39, 0.29) is 5.83 Å². The maximum Gasteiger partial charge on any atom is 0.138 e. The minimum Gasteiger partial charge on any atom is -0.206 e. The van der Waals surface area contributed by atoms with Crippen LogP contribution in [0.2, 0.25) is 0 Å². The third-order valence-corrected chi connectivity index (χ3v) is 3.34. The van der Waals surface area contributed by atoms with Crippen LogP contribution in [0.25, 0.3) is 5.57 Å². The molecule has 2 rings (SSSR count). The van der Waals surface area contributed by atoms with Crippen LogP contribution in [0.15, 0.2) is 96.9 Å². The number of benzene rings is 1. The molecule has 0 nitrogen and oxygen atoms in total. The van der Waals surface area contributed by atoms with Crippen molar-refractivity contribution in [3.05, 3.63) is 102 Å². The summed E-state index contributed by atoms with van der Waals surface area (Å²) in [7, 11) is 0. The summed E-state index contributed by atoms with van der Waals surface area (Å²) < 4.78 is 15.0. The topological polar surface area (TPSA) is 0 Å². The molecule has 0 atom stereocenters. The third-order valence-electron chi connectivity index (χ3n) is 3.34. The Labute approximate surface area is 126 Å². The van der Waals surface area contributed by atoms with Gasteiger partial charge in [-0.05, 0) is 24.0 Å². The van der Waals surface area contributed by atoms with Crippen LogP contribution in [-0.4, -0.2) is 0 Å². The minimum atomic E-state index is -0.270. The van der Waals surface area contributed by atoms with Crippen LogP contribution in [0.1, 0.15) is 18.4 Å². The SMILES string of the molecule is C=C/C=C(C=C)/C(F)=C(\C1=CCCC=C1)c1ccccc1. The van der Waals surface area contributed by atoms with E-state index in [0.717, 1.165) is 24.0 Å². The van der Waals surface area contributed by atoms with Gasteiger partial charge in [-0.15, -0.1) is 0 Å². The van der Waals surface area contributed by atoms with E-state index in [4.69, 9.17) is 0 Å². The van der Waals surface area contributed by atoms with Crippen LogP contribution in [-0.2, 0) is 0 Å². The van der Waals surface area contributed by atoms with Gasteiger partial charge >= 0.3 is 0 Å². The van der Waals surface area contributed by atoms with E-state index < -0.39 is 0 Å². The third kappa shape index (κ3) is 3.57. The average molecular weight is 278 g/mol. The standard InChI is InChI=1S/C20H19F/c1-3-11-16(4-2)20(21)19(17-12-7-5-8-13-17)18-14-9-6-10-15-18/h3-5,7-9,11-15H,1-2,6,10H2/b16-11+,20-19+. The highest BCUT2D eigenvalue weighted by molar-refractivity contribution is 5.85. The van der Waals surface area contributed by atoms with Crippen LogP contribution >= 0.6 is 0 Å². The summed E-state index contributed by atoms with van der Waals surface area (Å²) in [5.41, 5.74) is 2.84. The molecular formula is C20H19F. The molecule has 1 aromatic rings. The second-order valence-electron chi connectivity index (χ2n) is 4.76. The normalized spacial score (nSPS) is 16.0. The summed E-state index contributed by atoms with van der Waals surface area (Å²) in [6.45, 7) is 7.33. The molecule has 106 valence electrons. The molecule has 0 radical (unpaired) electrons.